The molecule has 17 heavy (non-hydrogen) atoms. The monoisotopic (exact) mass is 235 g/mol. The van der Waals surface area contributed by atoms with E-state index in [4.69, 9.17) is 0 Å². The molecule has 1 heterocycles. The van der Waals surface area contributed by atoms with Crippen molar-refractivity contribution in [3.05, 3.63) is 18.0 Å². The molecule has 1 unspecified atom stereocenters. The lowest BCUT2D eigenvalue weighted by Gasteiger charge is -2.35. The summed E-state index contributed by atoms with van der Waals surface area (Å²) in [6.45, 7) is 5.83. The van der Waals surface area contributed by atoms with Crippen molar-refractivity contribution in [1.29, 1.82) is 0 Å². The molecule has 0 aliphatic heterocycles. The SMILES string of the molecule is Cn1ccc(CCNC2CCCC(C)(C)C2)n1. The van der Waals surface area contributed by atoms with Crippen LogP contribution in [0.25, 0.3) is 0 Å². The van der Waals surface area contributed by atoms with E-state index < -0.39 is 0 Å². The van der Waals surface area contributed by atoms with E-state index in [1.165, 1.54) is 31.4 Å². The normalized spacial score (nSPS) is 23.8. The molecule has 0 saturated heterocycles. The Balaban J connectivity index is 1.71. The zero-order valence-corrected chi connectivity index (χ0v) is 11.4. The Hall–Kier alpha value is -0.830. The molecule has 0 radical (unpaired) electrons. The maximum absolute atomic E-state index is 4.40. The van der Waals surface area contributed by atoms with Gasteiger partial charge in [0, 0.05) is 32.3 Å². The van der Waals surface area contributed by atoms with Gasteiger partial charge < -0.3 is 5.32 Å². The van der Waals surface area contributed by atoms with Crippen molar-refractivity contribution in [2.45, 2.75) is 52.0 Å². The van der Waals surface area contributed by atoms with Crippen LogP contribution in [0.4, 0.5) is 0 Å². The molecular weight excluding hydrogens is 210 g/mol. The van der Waals surface area contributed by atoms with Gasteiger partial charge in [-0.05, 0) is 30.7 Å². The van der Waals surface area contributed by atoms with Crippen molar-refractivity contribution >= 4 is 0 Å². The average Bonchev–Trinajstić information content (AvgIpc) is 2.63. The summed E-state index contributed by atoms with van der Waals surface area (Å²) in [7, 11) is 1.97. The van der Waals surface area contributed by atoms with Crippen LogP contribution in [-0.4, -0.2) is 22.4 Å². The second kappa shape index (κ2) is 5.21. The Kier molecular flexibility index (Phi) is 3.87. The molecule has 3 nitrogen and oxygen atoms in total. The highest BCUT2D eigenvalue weighted by Gasteiger charge is 2.27. The quantitative estimate of drug-likeness (QED) is 0.869. The molecule has 1 saturated carbocycles. The van der Waals surface area contributed by atoms with Gasteiger partial charge in [0.2, 0.25) is 0 Å². The molecule has 1 aromatic heterocycles. The van der Waals surface area contributed by atoms with Crippen molar-refractivity contribution in [3.63, 3.8) is 0 Å². The van der Waals surface area contributed by atoms with Crippen LogP contribution in [0, 0.1) is 5.41 Å². The van der Waals surface area contributed by atoms with Gasteiger partial charge in [-0.25, -0.2) is 0 Å². The van der Waals surface area contributed by atoms with Crippen molar-refractivity contribution in [3.8, 4) is 0 Å². The summed E-state index contributed by atoms with van der Waals surface area (Å²) in [6, 6.07) is 2.81. The van der Waals surface area contributed by atoms with Crippen LogP contribution in [0.5, 0.6) is 0 Å². The van der Waals surface area contributed by atoms with Gasteiger partial charge in [-0.2, -0.15) is 5.10 Å². The minimum Gasteiger partial charge on any atom is -0.314 e. The highest BCUT2D eigenvalue weighted by molar-refractivity contribution is 4.99. The first-order valence-electron chi connectivity index (χ1n) is 6.77. The van der Waals surface area contributed by atoms with Gasteiger partial charge in [-0.3, -0.25) is 4.68 Å². The van der Waals surface area contributed by atoms with Crippen molar-refractivity contribution < 1.29 is 0 Å². The molecular formula is C14H25N3. The van der Waals surface area contributed by atoms with Gasteiger partial charge in [-0.15, -0.1) is 0 Å². The molecule has 1 fully saturated rings. The first kappa shape index (κ1) is 12.6. The molecule has 1 atom stereocenters. The van der Waals surface area contributed by atoms with Gasteiger partial charge in [0.15, 0.2) is 0 Å². The summed E-state index contributed by atoms with van der Waals surface area (Å²) in [4.78, 5) is 0. The highest BCUT2D eigenvalue weighted by Crippen LogP contribution is 2.34. The Morgan fingerprint density at radius 2 is 2.35 bits per heavy atom. The smallest absolute Gasteiger partial charge is 0.0637 e. The van der Waals surface area contributed by atoms with E-state index in [0.29, 0.717) is 11.5 Å². The number of rotatable bonds is 4. The first-order chi connectivity index (χ1) is 8.05. The number of nitrogens with one attached hydrogen (secondary N) is 1. The van der Waals surface area contributed by atoms with Crippen LogP contribution in [-0.2, 0) is 13.5 Å². The zero-order valence-electron chi connectivity index (χ0n) is 11.4. The second-order valence-electron chi connectivity index (χ2n) is 6.14. The fraction of sp³-hybridized carbons (Fsp3) is 0.786. The lowest BCUT2D eigenvalue weighted by Crippen LogP contribution is -2.38. The minimum atomic E-state index is 0.529. The first-order valence-corrected chi connectivity index (χ1v) is 6.77. The Morgan fingerprint density at radius 1 is 1.53 bits per heavy atom. The van der Waals surface area contributed by atoms with Crippen molar-refractivity contribution in [2.24, 2.45) is 12.5 Å². The lowest BCUT2D eigenvalue weighted by atomic mass is 9.75. The molecule has 3 heteroatoms. The van der Waals surface area contributed by atoms with E-state index >= 15 is 0 Å². The number of nitrogens with zero attached hydrogens (tertiary/aromatic N) is 2. The topological polar surface area (TPSA) is 29.9 Å². The van der Waals surface area contributed by atoms with E-state index in [2.05, 4.69) is 30.3 Å². The summed E-state index contributed by atoms with van der Waals surface area (Å²) in [6.07, 6.45) is 8.46. The van der Waals surface area contributed by atoms with E-state index in [-0.39, 0.29) is 0 Å². The van der Waals surface area contributed by atoms with Crippen molar-refractivity contribution in [2.75, 3.05) is 6.54 Å². The van der Waals surface area contributed by atoms with Crippen LogP contribution >= 0.6 is 0 Å². The van der Waals surface area contributed by atoms with Gasteiger partial charge in [0.25, 0.3) is 0 Å². The lowest BCUT2D eigenvalue weighted by molar-refractivity contribution is 0.199. The summed E-state index contributed by atoms with van der Waals surface area (Å²) in [5.74, 6) is 0. The van der Waals surface area contributed by atoms with Gasteiger partial charge in [0.05, 0.1) is 5.69 Å². The Labute approximate surface area is 105 Å². The molecule has 0 amide bonds. The fourth-order valence-electron chi connectivity index (χ4n) is 2.87. The summed E-state index contributed by atoms with van der Waals surface area (Å²) >= 11 is 0. The predicted molar refractivity (Wildman–Crippen MR) is 71.0 cm³/mol. The summed E-state index contributed by atoms with van der Waals surface area (Å²) < 4.78 is 1.87. The number of hydrogen-bond donors (Lipinski definition) is 1. The maximum atomic E-state index is 4.40. The minimum absolute atomic E-state index is 0.529. The van der Waals surface area contributed by atoms with Crippen LogP contribution in [0.1, 0.15) is 45.2 Å². The molecule has 0 spiro atoms. The Morgan fingerprint density at radius 3 is 3.00 bits per heavy atom. The highest BCUT2D eigenvalue weighted by atomic mass is 15.2. The number of aromatic nitrogens is 2. The van der Waals surface area contributed by atoms with Gasteiger partial charge >= 0.3 is 0 Å². The van der Waals surface area contributed by atoms with Gasteiger partial charge in [0.1, 0.15) is 0 Å². The van der Waals surface area contributed by atoms with Gasteiger partial charge in [-0.1, -0.05) is 20.3 Å². The maximum Gasteiger partial charge on any atom is 0.0637 e. The van der Waals surface area contributed by atoms with Crippen LogP contribution in [0.3, 0.4) is 0 Å². The fourth-order valence-corrected chi connectivity index (χ4v) is 2.87. The van der Waals surface area contributed by atoms with E-state index in [1.807, 2.05) is 17.9 Å². The van der Waals surface area contributed by atoms with E-state index in [9.17, 15) is 0 Å². The average molecular weight is 235 g/mol. The number of aryl methyl sites for hydroxylation is 1. The zero-order chi connectivity index (χ0) is 12.3. The summed E-state index contributed by atoms with van der Waals surface area (Å²) in [5, 5.41) is 8.08. The molecule has 0 bridgehead atoms. The van der Waals surface area contributed by atoms with Crippen LogP contribution < -0.4 is 5.32 Å². The molecule has 1 N–H and O–H groups in total. The van der Waals surface area contributed by atoms with E-state index in [0.717, 1.165) is 13.0 Å². The second-order valence-corrected chi connectivity index (χ2v) is 6.14. The third-order valence-corrected chi connectivity index (χ3v) is 3.79. The molecule has 1 aromatic rings. The van der Waals surface area contributed by atoms with Crippen molar-refractivity contribution in [1.82, 2.24) is 15.1 Å². The third kappa shape index (κ3) is 3.84. The third-order valence-electron chi connectivity index (χ3n) is 3.79. The molecule has 2 rings (SSSR count). The predicted octanol–water partition coefficient (Wildman–Crippen LogP) is 2.52. The number of hydrogen-bond acceptors (Lipinski definition) is 2. The molecule has 1 aliphatic carbocycles. The largest absolute Gasteiger partial charge is 0.314 e. The Bertz CT molecular complexity index is 354. The van der Waals surface area contributed by atoms with E-state index in [1.54, 1.807) is 0 Å². The standard InChI is InChI=1S/C14H25N3/c1-14(2)8-4-5-13(11-14)15-9-6-12-7-10-17(3)16-12/h7,10,13,15H,4-6,8-9,11H2,1-3H3. The molecule has 1 aliphatic rings. The van der Waals surface area contributed by atoms with Crippen LogP contribution in [0.15, 0.2) is 12.3 Å². The summed E-state index contributed by atoms with van der Waals surface area (Å²) in [5.41, 5.74) is 1.72. The van der Waals surface area contributed by atoms with Crippen LogP contribution in [0.2, 0.25) is 0 Å². The molecule has 96 valence electrons. The molecule has 0 aromatic carbocycles.